The van der Waals surface area contributed by atoms with E-state index in [2.05, 4.69) is 5.32 Å². The second-order valence-corrected chi connectivity index (χ2v) is 4.88. The topological polar surface area (TPSA) is 64.3 Å². The molecule has 0 saturated carbocycles. The van der Waals surface area contributed by atoms with Crippen LogP contribution in [-0.2, 0) is 0 Å². The van der Waals surface area contributed by atoms with E-state index in [0.29, 0.717) is 32.7 Å². The third-order valence-corrected chi connectivity index (χ3v) is 3.24. The minimum absolute atomic E-state index is 0.296. The molecule has 0 saturated heterocycles. The lowest BCUT2D eigenvalue weighted by Crippen LogP contribution is -2.12. The van der Waals surface area contributed by atoms with Crippen LogP contribution in [0.2, 0.25) is 10.0 Å². The largest absolute Gasteiger partial charge is 0.495 e. The molecule has 0 aliphatic rings. The van der Waals surface area contributed by atoms with Gasteiger partial charge in [-0.15, -0.1) is 0 Å². The smallest absolute Gasteiger partial charge is 0.255 e. The number of nitrogen functional groups attached to an aromatic ring is 1. The molecule has 2 aromatic rings. The van der Waals surface area contributed by atoms with Crippen molar-refractivity contribution in [1.82, 2.24) is 0 Å². The van der Waals surface area contributed by atoms with E-state index in [1.54, 1.807) is 30.3 Å². The second-order valence-electron chi connectivity index (χ2n) is 4.04. The highest BCUT2D eigenvalue weighted by molar-refractivity contribution is 6.34. The fraction of sp³-hybridized carbons (Fsp3) is 0.0714. The Balaban J connectivity index is 2.25. The van der Waals surface area contributed by atoms with Crippen LogP contribution in [-0.4, -0.2) is 13.0 Å². The standard InChI is InChI=1S/C14H12Cl2N2O2/c1-20-13-7-12(10(16)6-11(13)17)18-14(19)8-2-4-9(15)5-3-8/h2-7H,17H2,1H3,(H,18,19). The summed E-state index contributed by atoms with van der Waals surface area (Å²) in [4.78, 5) is 12.1. The SMILES string of the molecule is COc1cc(NC(=O)c2ccc(Cl)cc2)c(Cl)cc1N. The van der Waals surface area contributed by atoms with Crippen molar-refractivity contribution in [2.24, 2.45) is 0 Å². The van der Waals surface area contributed by atoms with Gasteiger partial charge in [0.25, 0.3) is 5.91 Å². The Hall–Kier alpha value is -1.91. The van der Waals surface area contributed by atoms with Gasteiger partial charge < -0.3 is 15.8 Å². The third-order valence-electron chi connectivity index (χ3n) is 2.67. The molecule has 0 fully saturated rings. The number of anilines is 2. The van der Waals surface area contributed by atoms with Crippen LogP contribution in [0.25, 0.3) is 0 Å². The Morgan fingerprint density at radius 1 is 1.20 bits per heavy atom. The summed E-state index contributed by atoms with van der Waals surface area (Å²) in [5.74, 6) is 0.149. The third kappa shape index (κ3) is 3.15. The van der Waals surface area contributed by atoms with E-state index < -0.39 is 0 Å². The predicted octanol–water partition coefficient (Wildman–Crippen LogP) is 3.84. The number of ether oxygens (including phenoxy) is 1. The molecule has 0 spiro atoms. The van der Waals surface area contributed by atoms with E-state index >= 15 is 0 Å². The quantitative estimate of drug-likeness (QED) is 0.847. The molecule has 2 rings (SSSR count). The van der Waals surface area contributed by atoms with Crippen molar-refractivity contribution in [3.8, 4) is 5.75 Å². The molecular formula is C14H12Cl2N2O2. The van der Waals surface area contributed by atoms with Gasteiger partial charge in [-0.3, -0.25) is 4.79 Å². The number of hydrogen-bond donors (Lipinski definition) is 2. The lowest BCUT2D eigenvalue weighted by molar-refractivity contribution is 0.102. The molecule has 6 heteroatoms. The van der Waals surface area contributed by atoms with Gasteiger partial charge in [-0.25, -0.2) is 0 Å². The first kappa shape index (κ1) is 14.5. The van der Waals surface area contributed by atoms with Gasteiger partial charge in [0.1, 0.15) is 5.75 Å². The Morgan fingerprint density at radius 3 is 2.45 bits per heavy atom. The number of carbonyl (C=O) groups excluding carboxylic acids is 1. The first-order valence-corrected chi connectivity index (χ1v) is 6.47. The summed E-state index contributed by atoms with van der Waals surface area (Å²) in [6.07, 6.45) is 0. The second kappa shape index (κ2) is 6.03. The van der Waals surface area contributed by atoms with Gasteiger partial charge in [-0.05, 0) is 30.3 Å². The van der Waals surface area contributed by atoms with Crippen molar-refractivity contribution in [1.29, 1.82) is 0 Å². The fourth-order valence-electron chi connectivity index (χ4n) is 1.64. The molecule has 0 bridgehead atoms. The zero-order chi connectivity index (χ0) is 14.7. The summed E-state index contributed by atoms with van der Waals surface area (Å²) in [7, 11) is 1.49. The maximum atomic E-state index is 12.1. The van der Waals surface area contributed by atoms with Crippen LogP contribution in [0.5, 0.6) is 5.75 Å². The molecule has 4 nitrogen and oxygen atoms in total. The molecule has 0 aliphatic carbocycles. The number of benzene rings is 2. The molecular weight excluding hydrogens is 299 g/mol. The Morgan fingerprint density at radius 2 is 1.85 bits per heavy atom. The summed E-state index contributed by atoms with van der Waals surface area (Å²) in [5.41, 5.74) is 7.03. The molecule has 0 unspecified atom stereocenters. The van der Waals surface area contributed by atoms with Gasteiger partial charge in [0.05, 0.1) is 23.5 Å². The van der Waals surface area contributed by atoms with Crippen molar-refractivity contribution in [3.63, 3.8) is 0 Å². The van der Waals surface area contributed by atoms with Gasteiger partial charge in [-0.2, -0.15) is 0 Å². The molecule has 0 heterocycles. The molecule has 0 aliphatic heterocycles. The van der Waals surface area contributed by atoms with Gasteiger partial charge in [0.2, 0.25) is 0 Å². The molecule has 2 aromatic carbocycles. The Labute approximate surface area is 126 Å². The number of hydrogen-bond acceptors (Lipinski definition) is 3. The average molecular weight is 311 g/mol. The van der Waals surface area contributed by atoms with E-state index in [9.17, 15) is 4.79 Å². The Kier molecular flexibility index (Phi) is 4.37. The van der Waals surface area contributed by atoms with Crippen molar-refractivity contribution in [2.75, 3.05) is 18.2 Å². The monoisotopic (exact) mass is 310 g/mol. The van der Waals surface area contributed by atoms with Crippen molar-refractivity contribution in [3.05, 3.63) is 52.0 Å². The number of nitrogens with two attached hydrogens (primary N) is 1. The van der Waals surface area contributed by atoms with Crippen LogP contribution < -0.4 is 15.8 Å². The minimum atomic E-state index is -0.296. The maximum absolute atomic E-state index is 12.1. The fourth-order valence-corrected chi connectivity index (χ4v) is 1.98. The molecule has 3 N–H and O–H groups in total. The van der Waals surface area contributed by atoms with Gasteiger partial charge >= 0.3 is 0 Å². The molecule has 0 radical (unpaired) electrons. The van der Waals surface area contributed by atoms with Crippen LogP contribution in [0.4, 0.5) is 11.4 Å². The number of halogens is 2. The number of nitrogens with one attached hydrogen (secondary N) is 1. The van der Waals surface area contributed by atoms with Crippen LogP contribution in [0, 0.1) is 0 Å². The van der Waals surface area contributed by atoms with Crippen LogP contribution in [0.15, 0.2) is 36.4 Å². The van der Waals surface area contributed by atoms with Crippen molar-refractivity contribution >= 4 is 40.5 Å². The molecule has 104 valence electrons. The van der Waals surface area contributed by atoms with Crippen molar-refractivity contribution < 1.29 is 9.53 Å². The molecule has 0 atom stereocenters. The summed E-state index contributed by atoms with van der Waals surface area (Å²) < 4.78 is 5.09. The molecule has 1 amide bonds. The van der Waals surface area contributed by atoms with E-state index in [4.69, 9.17) is 33.7 Å². The Bertz CT molecular complexity index is 642. The maximum Gasteiger partial charge on any atom is 0.255 e. The van der Waals surface area contributed by atoms with E-state index in [-0.39, 0.29) is 5.91 Å². The van der Waals surface area contributed by atoms with Gasteiger partial charge in [-0.1, -0.05) is 23.2 Å². The van der Waals surface area contributed by atoms with Crippen LogP contribution in [0.3, 0.4) is 0 Å². The van der Waals surface area contributed by atoms with Gasteiger partial charge in [0.15, 0.2) is 0 Å². The predicted molar refractivity (Wildman–Crippen MR) is 81.8 cm³/mol. The summed E-state index contributed by atoms with van der Waals surface area (Å²) in [6, 6.07) is 9.63. The normalized spacial score (nSPS) is 10.2. The van der Waals surface area contributed by atoms with E-state index in [1.807, 2.05) is 0 Å². The number of rotatable bonds is 3. The number of amides is 1. The van der Waals surface area contributed by atoms with Crippen LogP contribution >= 0.6 is 23.2 Å². The zero-order valence-electron chi connectivity index (χ0n) is 10.6. The average Bonchev–Trinajstić information content (AvgIpc) is 2.42. The number of methoxy groups -OCH3 is 1. The van der Waals surface area contributed by atoms with Crippen molar-refractivity contribution in [2.45, 2.75) is 0 Å². The van der Waals surface area contributed by atoms with E-state index in [0.717, 1.165) is 0 Å². The van der Waals surface area contributed by atoms with E-state index in [1.165, 1.54) is 13.2 Å². The summed E-state index contributed by atoms with van der Waals surface area (Å²) in [5, 5.41) is 3.60. The lowest BCUT2D eigenvalue weighted by Gasteiger charge is -2.11. The molecule has 0 aromatic heterocycles. The number of carbonyl (C=O) groups is 1. The highest BCUT2D eigenvalue weighted by Crippen LogP contribution is 2.32. The van der Waals surface area contributed by atoms with Crippen LogP contribution in [0.1, 0.15) is 10.4 Å². The highest BCUT2D eigenvalue weighted by atomic mass is 35.5. The first-order chi connectivity index (χ1) is 9.51. The lowest BCUT2D eigenvalue weighted by atomic mass is 10.2. The summed E-state index contributed by atoms with van der Waals surface area (Å²) >= 11 is 11.8. The zero-order valence-corrected chi connectivity index (χ0v) is 12.1. The summed E-state index contributed by atoms with van der Waals surface area (Å²) in [6.45, 7) is 0. The first-order valence-electron chi connectivity index (χ1n) is 5.71. The molecule has 20 heavy (non-hydrogen) atoms. The highest BCUT2D eigenvalue weighted by Gasteiger charge is 2.11. The van der Waals surface area contributed by atoms with Gasteiger partial charge in [0, 0.05) is 16.7 Å². The minimum Gasteiger partial charge on any atom is -0.495 e.